The Morgan fingerprint density at radius 3 is 2.73 bits per heavy atom. The van der Waals surface area contributed by atoms with Crippen LogP contribution in [0.4, 0.5) is 5.69 Å². The minimum absolute atomic E-state index is 0.0455. The molecule has 0 bridgehead atoms. The maximum Gasteiger partial charge on any atom is 0.271 e. The number of rotatable bonds is 1. The molecule has 2 heterocycles. The first-order chi connectivity index (χ1) is 7.31. The lowest BCUT2D eigenvalue weighted by molar-refractivity contribution is 0.576. The summed E-state index contributed by atoms with van der Waals surface area (Å²) < 4.78 is 0. The van der Waals surface area contributed by atoms with E-state index in [1.54, 1.807) is 12.3 Å². The Balaban J connectivity index is 2.33. The van der Waals surface area contributed by atoms with E-state index >= 15 is 0 Å². The summed E-state index contributed by atoms with van der Waals surface area (Å²) in [4.78, 5) is 16.4. The lowest BCUT2D eigenvalue weighted by Crippen LogP contribution is -2.33. The molecule has 1 aliphatic heterocycles. The van der Waals surface area contributed by atoms with E-state index in [0.717, 1.165) is 31.5 Å². The third-order valence-corrected chi connectivity index (χ3v) is 2.75. The first kappa shape index (κ1) is 9.85. The van der Waals surface area contributed by atoms with E-state index in [4.69, 9.17) is 6.42 Å². The molecule has 0 spiro atoms. The van der Waals surface area contributed by atoms with Crippen molar-refractivity contribution in [3.05, 3.63) is 28.2 Å². The fourth-order valence-electron chi connectivity index (χ4n) is 1.92. The Kier molecular flexibility index (Phi) is 2.77. The van der Waals surface area contributed by atoms with Crippen LogP contribution in [0.1, 0.15) is 24.8 Å². The van der Waals surface area contributed by atoms with Gasteiger partial charge < -0.3 is 9.88 Å². The Bertz CT molecular complexity index is 436. The standard InChI is InChI=1S/C12H14N2O/c1-2-10-8-11(12(15)13-9-10)14-6-4-3-5-7-14/h1,8-9H,3-7H2,(H,13,15). The predicted molar refractivity (Wildman–Crippen MR) is 61.1 cm³/mol. The molecule has 1 N–H and O–H groups in total. The third-order valence-electron chi connectivity index (χ3n) is 2.75. The monoisotopic (exact) mass is 202 g/mol. The zero-order chi connectivity index (χ0) is 10.7. The van der Waals surface area contributed by atoms with Crippen molar-refractivity contribution in [2.45, 2.75) is 19.3 Å². The molecule has 1 saturated heterocycles. The van der Waals surface area contributed by atoms with Gasteiger partial charge in [0.25, 0.3) is 5.56 Å². The summed E-state index contributed by atoms with van der Waals surface area (Å²) in [5.41, 5.74) is 1.40. The second-order valence-corrected chi connectivity index (χ2v) is 3.79. The quantitative estimate of drug-likeness (QED) is 0.698. The number of aromatic amines is 1. The van der Waals surface area contributed by atoms with Crippen molar-refractivity contribution < 1.29 is 0 Å². The molecule has 0 amide bonds. The SMILES string of the molecule is C#Cc1c[nH]c(=O)c(N2CCCCC2)c1. The van der Waals surface area contributed by atoms with Gasteiger partial charge in [-0.15, -0.1) is 6.42 Å². The number of terminal acetylenes is 1. The van der Waals surface area contributed by atoms with Crippen molar-refractivity contribution in [2.24, 2.45) is 0 Å². The van der Waals surface area contributed by atoms with Gasteiger partial charge in [0.1, 0.15) is 5.69 Å². The van der Waals surface area contributed by atoms with Crippen molar-refractivity contribution in [2.75, 3.05) is 18.0 Å². The number of piperidine rings is 1. The average molecular weight is 202 g/mol. The molecule has 3 heteroatoms. The first-order valence-electron chi connectivity index (χ1n) is 5.25. The third kappa shape index (κ3) is 2.04. The van der Waals surface area contributed by atoms with Crippen LogP contribution in [-0.4, -0.2) is 18.1 Å². The van der Waals surface area contributed by atoms with Crippen LogP contribution in [0.2, 0.25) is 0 Å². The second kappa shape index (κ2) is 4.22. The molecule has 0 atom stereocenters. The molecule has 1 aromatic rings. The number of anilines is 1. The van der Waals surface area contributed by atoms with Gasteiger partial charge >= 0.3 is 0 Å². The van der Waals surface area contributed by atoms with Crippen LogP contribution < -0.4 is 10.5 Å². The van der Waals surface area contributed by atoms with Gasteiger partial charge in [0, 0.05) is 24.8 Å². The molecule has 1 aromatic heterocycles. The number of hydrogen-bond acceptors (Lipinski definition) is 2. The lowest BCUT2D eigenvalue weighted by atomic mass is 10.1. The smallest absolute Gasteiger partial charge is 0.271 e. The lowest BCUT2D eigenvalue weighted by Gasteiger charge is -2.27. The summed E-state index contributed by atoms with van der Waals surface area (Å²) in [7, 11) is 0. The minimum atomic E-state index is -0.0455. The molecule has 1 fully saturated rings. The Hall–Kier alpha value is -1.69. The van der Waals surface area contributed by atoms with Crippen molar-refractivity contribution in [1.29, 1.82) is 0 Å². The van der Waals surface area contributed by atoms with Gasteiger partial charge in [-0.05, 0) is 25.3 Å². The van der Waals surface area contributed by atoms with Crippen molar-refractivity contribution >= 4 is 5.69 Å². The van der Waals surface area contributed by atoms with Crippen molar-refractivity contribution in [3.8, 4) is 12.3 Å². The zero-order valence-corrected chi connectivity index (χ0v) is 8.62. The van der Waals surface area contributed by atoms with E-state index in [-0.39, 0.29) is 5.56 Å². The predicted octanol–water partition coefficient (Wildman–Crippen LogP) is 1.35. The van der Waals surface area contributed by atoms with Gasteiger partial charge in [-0.3, -0.25) is 4.79 Å². The van der Waals surface area contributed by atoms with Crippen LogP contribution in [0.3, 0.4) is 0 Å². The summed E-state index contributed by atoms with van der Waals surface area (Å²) in [6, 6.07) is 1.80. The van der Waals surface area contributed by atoms with Gasteiger partial charge in [-0.2, -0.15) is 0 Å². The van der Waals surface area contributed by atoms with Gasteiger partial charge in [0.2, 0.25) is 0 Å². The number of H-pyrrole nitrogens is 1. The summed E-state index contributed by atoms with van der Waals surface area (Å²) >= 11 is 0. The van der Waals surface area contributed by atoms with E-state index in [2.05, 4.69) is 15.8 Å². The van der Waals surface area contributed by atoms with Crippen LogP contribution >= 0.6 is 0 Å². The first-order valence-corrected chi connectivity index (χ1v) is 5.25. The summed E-state index contributed by atoms with van der Waals surface area (Å²) in [6.07, 6.45) is 10.4. The fraction of sp³-hybridized carbons (Fsp3) is 0.417. The molecular weight excluding hydrogens is 188 g/mol. The van der Waals surface area contributed by atoms with Gasteiger partial charge in [0.15, 0.2) is 0 Å². The number of pyridine rings is 1. The molecule has 0 radical (unpaired) electrons. The van der Waals surface area contributed by atoms with Crippen LogP contribution in [0.5, 0.6) is 0 Å². The number of hydrogen-bond donors (Lipinski definition) is 1. The van der Waals surface area contributed by atoms with Crippen LogP contribution in [0, 0.1) is 12.3 Å². The summed E-state index contributed by atoms with van der Waals surface area (Å²) in [5, 5.41) is 0. The van der Waals surface area contributed by atoms with Crippen LogP contribution in [0.15, 0.2) is 17.1 Å². The van der Waals surface area contributed by atoms with E-state index < -0.39 is 0 Å². The molecule has 0 unspecified atom stereocenters. The van der Waals surface area contributed by atoms with Gasteiger partial charge in [-0.1, -0.05) is 5.92 Å². The van der Waals surface area contributed by atoms with Crippen LogP contribution in [-0.2, 0) is 0 Å². The van der Waals surface area contributed by atoms with Gasteiger partial charge in [-0.25, -0.2) is 0 Å². The molecule has 0 aromatic carbocycles. The maximum absolute atomic E-state index is 11.6. The highest BCUT2D eigenvalue weighted by Crippen LogP contribution is 2.16. The summed E-state index contributed by atoms with van der Waals surface area (Å²) in [5.74, 6) is 2.54. The minimum Gasteiger partial charge on any atom is -0.367 e. The van der Waals surface area contributed by atoms with Crippen LogP contribution in [0.25, 0.3) is 0 Å². The largest absolute Gasteiger partial charge is 0.367 e. The fourth-order valence-corrected chi connectivity index (χ4v) is 1.92. The Morgan fingerprint density at radius 1 is 1.33 bits per heavy atom. The molecule has 0 aliphatic carbocycles. The van der Waals surface area contributed by atoms with E-state index in [9.17, 15) is 4.79 Å². The zero-order valence-electron chi connectivity index (χ0n) is 8.62. The Morgan fingerprint density at radius 2 is 2.07 bits per heavy atom. The summed E-state index contributed by atoms with van der Waals surface area (Å²) in [6.45, 7) is 1.91. The van der Waals surface area contributed by atoms with Crippen molar-refractivity contribution in [1.82, 2.24) is 4.98 Å². The molecule has 15 heavy (non-hydrogen) atoms. The average Bonchev–Trinajstić information content (AvgIpc) is 2.31. The number of nitrogens with zero attached hydrogens (tertiary/aromatic N) is 1. The highest BCUT2D eigenvalue weighted by Gasteiger charge is 2.13. The second-order valence-electron chi connectivity index (χ2n) is 3.79. The molecule has 0 saturated carbocycles. The van der Waals surface area contributed by atoms with Gasteiger partial charge in [0.05, 0.1) is 0 Å². The molecule has 1 aliphatic rings. The number of nitrogens with one attached hydrogen (secondary N) is 1. The molecule has 2 rings (SSSR count). The highest BCUT2D eigenvalue weighted by atomic mass is 16.1. The van der Waals surface area contributed by atoms with E-state index in [1.807, 2.05) is 0 Å². The number of aromatic nitrogens is 1. The normalized spacial score (nSPS) is 16.1. The molecule has 78 valence electrons. The molecular formula is C12H14N2O. The molecule has 3 nitrogen and oxygen atoms in total. The van der Waals surface area contributed by atoms with Crippen molar-refractivity contribution in [3.63, 3.8) is 0 Å². The van der Waals surface area contributed by atoms with E-state index in [1.165, 1.54) is 6.42 Å². The highest BCUT2D eigenvalue weighted by molar-refractivity contribution is 5.49. The topological polar surface area (TPSA) is 36.1 Å². The Labute approximate surface area is 89.1 Å². The maximum atomic E-state index is 11.6. The van der Waals surface area contributed by atoms with E-state index in [0.29, 0.717) is 5.69 Å².